The van der Waals surface area contributed by atoms with Gasteiger partial charge in [-0.1, -0.05) is 0 Å². The third-order valence-electron chi connectivity index (χ3n) is 3.27. The van der Waals surface area contributed by atoms with E-state index in [1.54, 1.807) is 0 Å². The van der Waals surface area contributed by atoms with Crippen molar-refractivity contribution in [3.63, 3.8) is 0 Å². The largest absolute Gasteiger partial charge is 0.330 e. The minimum absolute atomic E-state index is 0.705. The van der Waals surface area contributed by atoms with Gasteiger partial charge in [-0.2, -0.15) is 0 Å². The Morgan fingerprint density at radius 2 is 2.40 bits per heavy atom. The molecule has 0 amide bonds. The summed E-state index contributed by atoms with van der Waals surface area (Å²) in [6, 6.07) is 2.91. The zero-order valence-corrected chi connectivity index (χ0v) is 11.4. The SMILES string of the molecule is CN(Cc1cc(Br)cs1)C1CCC1CN. The van der Waals surface area contributed by atoms with Gasteiger partial charge < -0.3 is 5.73 Å². The zero-order valence-electron chi connectivity index (χ0n) is 8.95. The van der Waals surface area contributed by atoms with Gasteiger partial charge in [0, 0.05) is 27.3 Å². The highest BCUT2D eigenvalue weighted by atomic mass is 79.9. The zero-order chi connectivity index (χ0) is 10.8. The van der Waals surface area contributed by atoms with Gasteiger partial charge in [0.15, 0.2) is 0 Å². The van der Waals surface area contributed by atoms with Crippen LogP contribution in [0.2, 0.25) is 0 Å². The van der Waals surface area contributed by atoms with Crippen LogP contribution < -0.4 is 5.73 Å². The quantitative estimate of drug-likeness (QED) is 0.923. The first-order valence-corrected chi connectivity index (χ1v) is 7.01. The molecule has 1 aromatic rings. The Kier molecular flexibility index (Phi) is 3.83. The Hall–Kier alpha value is 0.1000. The van der Waals surface area contributed by atoms with Crippen molar-refractivity contribution in [3.8, 4) is 0 Å². The van der Waals surface area contributed by atoms with Gasteiger partial charge in [-0.3, -0.25) is 4.90 Å². The second kappa shape index (κ2) is 4.95. The van der Waals surface area contributed by atoms with E-state index >= 15 is 0 Å². The minimum Gasteiger partial charge on any atom is -0.330 e. The van der Waals surface area contributed by atoms with E-state index in [0.29, 0.717) is 6.04 Å². The van der Waals surface area contributed by atoms with E-state index in [0.717, 1.165) is 19.0 Å². The van der Waals surface area contributed by atoms with Gasteiger partial charge in [0.05, 0.1) is 0 Å². The third-order valence-corrected chi connectivity index (χ3v) is 4.96. The summed E-state index contributed by atoms with van der Waals surface area (Å²) in [5, 5.41) is 2.14. The number of thiophene rings is 1. The molecule has 2 atom stereocenters. The van der Waals surface area contributed by atoms with Crippen molar-refractivity contribution >= 4 is 27.3 Å². The van der Waals surface area contributed by atoms with Crippen LogP contribution in [0.25, 0.3) is 0 Å². The highest BCUT2D eigenvalue weighted by Crippen LogP contribution is 2.32. The van der Waals surface area contributed by atoms with Crippen LogP contribution in [0.4, 0.5) is 0 Å². The standard InChI is InChI=1S/C11H17BrN2S/c1-14(11-3-2-8(11)5-13)6-10-4-9(12)7-15-10/h4,7-8,11H,2-3,5-6,13H2,1H3. The molecule has 1 aromatic heterocycles. The van der Waals surface area contributed by atoms with Crippen molar-refractivity contribution in [3.05, 3.63) is 20.8 Å². The Bertz CT molecular complexity index is 324. The first-order chi connectivity index (χ1) is 7.20. The fourth-order valence-corrected chi connectivity index (χ4v) is 3.72. The van der Waals surface area contributed by atoms with Crippen molar-refractivity contribution in [2.45, 2.75) is 25.4 Å². The molecular weight excluding hydrogens is 272 g/mol. The van der Waals surface area contributed by atoms with E-state index in [1.165, 1.54) is 22.2 Å². The summed E-state index contributed by atoms with van der Waals surface area (Å²) in [5.41, 5.74) is 5.73. The maximum atomic E-state index is 5.73. The molecule has 2 unspecified atom stereocenters. The smallest absolute Gasteiger partial charge is 0.0328 e. The lowest BCUT2D eigenvalue weighted by molar-refractivity contribution is 0.0846. The van der Waals surface area contributed by atoms with Crippen molar-refractivity contribution < 1.29 is 0 Å². The summed E-state index contributed by atoms with van der Waals surface area (Å²) in [6.07, 6.45) is 2.62. The Morgan fingerprint density at radius 3 is 2.87 bits per heavy atom. The highest BCUT2D eigenvalue weighted by Gasteiger charge is 2.32. The summed E-state index contributed by atoms with van der Waals surface area (Å²) in [5.74, 6) is 0.721. The summed E-state index contributed by atoms with van der Waals surface area (Å²) < 4.78 is 1.19. The van der Waals surface area contributed by atoms with Crippen LogP contribution in [0, 0.1) is 5.92 Å². The molecule has 15 heavy (non-hydrogen) atoms. The lowest BCUT2D eigenvalue weighted by Crippen LogP contribution is -2.47. The van der Waals surface area contributed by atoms with Crippen LogP contribution in [0.3, 0.4) is 0 Å². The molecule has 2 rings (SSSR count). The van der Waals surface area contributed by atoms with Crippen LogP contribution >= 0.6 is 27.3 Å². The van der Waals surface area contributed by atoms with Gasteiger partial charge in [0.1, 0.15) is 0 Å². The number of hydrogen-bond donors (Lipinski definition) is 1. The molecule has 2 nitrogen and oxygen atoms in total. The molecule has 1 saturated carbocycles. The molecule has 0 aromatic carbocycles. The van der Waals surface area contributed by atoms with Crippen LogP contribution in [0.5, 0.6) is 0 Å². The Morgan fingerprint density at radius 1 is 1.60 bits per heavy atom. The molecule has 1 heterocycles. The highest BCUT2D eigenvalue weighted by molar-refractivity contribution is 9.10. The van der Waals surface area contributed by atoms with E-state index in [9.17, 15) is 0 Å². The Labute approximate surface area is 104 Å². The lowest BCUT2D eigenvalue weighted by Gasteiger charge is -2.42. The summed E-state index contributed by atoms with van der Waals surface area (Å²) in [7, 11) is 2.21. The number of halogens is 1. The molecule has 1 aliphatic rings. The van der Waals surface area contributed by atoms with Crippen molar-refractivity contribution in [1.82, 2.24) is 4.90 Å². The summed E-state index contributed by atoms with van der Waals surface area (Å²) >= 11 is 5.31. The maximum Gasteiger partial charge on any atom is 0.0328 e. The van der Waals surface area contributed by atoms with Crippen molar-refractivity contribution in [1.29, 1.82) is 0 Å². The Balaban J connectivity index is 1.89. The topological polar surface area (TPSA) is 29.3 Å². The molecule has 0 saturated heterocycles. The molecular formula is C11H17BrN2S. The second-order valence-electron chi connectivity index (χ2n) is 4.29. The minimum atomic E-state index is 0.705. The molecule has 0 aliphatic heterocycles. The lowest BCUT2D eigenvalue weighted by atomic mass is 9.79. The van der Waals surface area contributed by atoms with E-state index in [2.05, 4.69) is 39.3 Å². The van der Waals surface area contributed by atoms with Gasteiger partial charge in [0.25, 0.3) is 0 Å². The second-order valence-corrected chi connectivity index (χ2v) is 6.20. The number of rotatable bonds is 4. The molecule has 0 radical (unpaired) electrons. The van der Waals surface area contributed by atoms with Crippen LogP contribution in [0.1, 0.15) is 17.7 Å². The number of nitrogens with two attached hydrogens (primary N) is 1. The third kappa shape index (κ3) is 2.61. The molecule has 1 fully saturated rings. The van der Waals surface area contributed by atoms with Crippen molar-refractivity contribution in [2.24, 2.45) is 11.7 Å². The van der Waals surface area contributed by atoms with Gasteiger partial charge in [0.2, 0.25) is 0 Å². The van der Waals surface area contributed by atoms with Gasteiger partial charge in [-0.25, -0.2) is 0 Å². The van der Waals surface area contributed by atoms with Gasteiger partial charge in [-0.05, 0) is 54.3 Å². The molecule has 1 aliphatic carbocycles. The molecule has 84 valence electrons. The molecule has 4 heteroatoms. The summed E-state index contributed by atoms with van der Waals surface area (Å²) in [4.78, 5) is 3.87. The average Bonchev–Trinajstić information content (AvgIpc) is 2.49. The first kappa shape index (κ1) is 11.6. The summed E-state index contributed by atoms with van der Waals surface area (Å²) in [6.45, 7) is 1.89. The van der Waals surface area contributed by atoms with E-state index in [4.69, 9.17) is 5.73 Å². The van der Waals surface area contributed by atoms with Gasteiger partial charge in [-0.15, -0.1) is 11.3 Å². The molecule has 0 bridgehead atoms. The van der Waals surface area contributed by atoms with E-state index in [1.807, 2.05) is 11.3 Å². The monoisotopic (exact) mass is 288 g/mol. The van der Waals surface area contributed by atoms with Crippen LogP contribution in [-0.4, -0.2) is 24.5 Å². The molecule has 0 spiro atoms. The van der Waals surface area contributed by atoms with Crippen molar-refractivity contribution in [2.75, 3.05) is 13.6 Å². The molecule has 2 N–H and O–H groups in total. The fraction of sp³-hybridized carbons (Fsp3) is 0.636. The first-order valence-electron chi connectivity index (χ1n) is 5.34. The maximum absolute atomic E-state index is 5.73. The predicted octanol–water partition coefficient (Wildman–Crippen LogP) is 2.68. The van der Waals surface area contributed by atoms with Crippen LogP contribution in [0.15, 0.2) is 15.9 Å². The number of nitrogens with zero attached hydrogens (tertiary/aromatic N) is 1. The predicted molar refractivity (Wildman–Crippen MR) is 69.1 cm³/mol. The van der Waals surface area contributed by atoms with E-state index < -0.39 is 0 Å². The van der Waals surface area contributed by atoms with E-state index in [-0.39, 0.29) is 0 Å². The van der Waals surface area contributed by atoms with Crippen LogP contribution in [-0.2, 0) is 6.54 Å². The normalized spacial score (nSPS) is 25.6. The average molecular weight is 289 g/mol. The van der Waals surface area contributed by atoms with Gasteiger partial charge >= 0.3 is 0 Å². The number of hydrogen-bond acceptors (Lipinski definition) is 3. The fourth-order valence-electron chi connectivity index (χ4n) is 2.21.